The third kappa shape index (κ3) is 7.36. The number of morpholine rings is 1. The van der Waals surface area contributed by atoms with Gasteiger partial charge in [0.05, 0.1) is 31.6 Å². The Balaban J connectivity index is 0.00000341. The molecule has 3 unspecified atom stereocenters. The summed E-state index contributed by atoms with van der Waals surface area (Å²) < 4.78 is 11.1. The van der Waals surface area contributed by atoms with Gasteiger partial charge in [-0.05, 0) is 51.5 Å². The Hall–Kier alpha value is -1.85. The number of pyridine rings is 1. The first kappa shape index (κ1) is 25.4. The van der Waals surface area contributed by atoms with Crippen LogP contribution < -0.4 is 15.5 Å². The van der Waals surface area contributed by atoms with E-state index >= 15 is 0 Å². The summed E-state index contributed by atoms with van der Waals surface area (Å²) >= 11 is 0. The fraction of sp³-hybridized carbons (Fsp3) is 0.545. The number of guanidine groups is 1. The van der Waals surface area contributed by atoms with Gasteiger partial charge in [-0.3, -0.25) is 0 Å². The standard InChI is InChI=1S/C22H33N5O3.HI/c1-5-23-21(26-15-22(4,28)19-7-6-10-29-19)25-12-18-8-9-20(24-11-18)27-13-16(2)30-17(3)14-27;/h6-11,16-17,28H,5,12-15H2,1-4H3,(H2,23,25,26);1H. The summed E-state index contributed by atoms with van der Waals surface area (Å²) in [7, 11) is 0. The molecule has 0 bridgehead atoms. The molecule has 3 atom stereocenters. The molecular weight excluding hydrogens is 509 g/mol. The molecule has 3 rings (SSSR count). The van der Waals surface area contributed by atoms with Crippen molar-refractivity contribution in [3.05, 3.63) is 48.0 Å². The Morgan fingerprint density at radius 2 is 2.00 bits per heavy atom. The highest BCUT2D eigenvalue weighted by Gasteiger charge is 2.26. The number of rotatable bonds is 7. The molecule has 0 aromatic carbocycles. The van der Waals surface area contributed by atoms with E-state index in [1.165, 1.54) is 0 Å². The Kier molecular flexibility index (Phi) is 9.57. The van der Waals surface area contributed by atoms with E-state index < -0.39 is 5.60 Å². The zero-order chi connectivity index (χ0) is 21.6. The lowest BCUT2D eigenvalue weighted by atomic mass is 10.0. The van der Waals surface area contributed by atoms with Crippen LogP contribution in [0.2, 0.25) is 0 Å². The Labute approximate surface area is 201 Å². The van der Waals surface area contributed by atoms with Crippen molar-refractivity contribution in [1.29, 1.82) is 0 Å². The number of nitrogens with zero attached hydrogens (tertiary/aromatic N) is 3. The van der Waals surface area contributed by atoms with E-state index in [4.69, 9.17) is 9.15 Å². The quantitative estimate of drug-likeness (QED) is 0.281. The van der Waals surface area contributed by atoms with Crippen molar-refractivity contribution in [2.24, 2.45) is 4.99 Å². The molecular formula is C22H34IN5O3. The highest BCUT2D eigenvalue weighted by molar-refractivity contribution is 14.0. The van der Waals surface area contributed by atoms with E-state index in [0.717, 1.165) is 31.0 Å². The fourth-order valence-electron chi connectivity index (χ4n) is 3.50. The minimum absolute atomic E-state index is 0. The van der Waals surface area contributed by atoms with Gasteiger partial charge in [0, 0.05) is 25.8 Å². The minimum Gasteiger partial charge on any atom is -0.466 e. The van der Waals surface area contributed by atoms with Crippen LogP contribution in [0.5, 0.6) is 0 Å². The van der Waals surface area contributed by atoms with Crippen molar-refractivity contribution in [2.45, 2.75) is 52.0 Å². The molecule has 0 aliphatic carbocycles. The first-order chi connectivity index (χ1) is 14.4. The van der Waals surface area contributed by atoms with Gasteiger partial charge in [0.25, 0.3) is 0 Å². The summed E-state index contributed by atoms with van der Waals surface area (Å²) in [5.41, 5.74) is -0.113. The van der Waals surface area contributed by atoms with Crippen molar-refractivity contribution in [3.63, 3.8) is 0 Å². The Bertz CT molecular complexity index is 801. The lowest BCUT2D eigenvalue weighted by Crippen LogP contribution is -2.45. The average molecular weight is 543 g/mol. The smallest absolute Gasteiger partial charge is 0.191 e. The maximum absolute atomic E-state index is 10.6. The minimum atomic E-state index is -1.13. The van der Waals surface area contributed by atoms with Crippen LogP contribution in [0.1, 0.15) is 39.0 Å². The van der Waals surface area contributed by atoms with E-state index in [1.54, 1.807) is 25.3 Å². The van der Waals surface area contributed by atoms with Gasteiger partial charge in [-0.2, -0.15) is 0 Å². The third-order valence-corrected chi connectivity index (χ3v) is 4.97. The van der Waals surface area contributed by atoms with Gasteiger partial charge >= 0.3 is 0 Å². The second kappa shape index (κ2) is 11.7. The maximum Gasteiger partial charge on any atom is 0.191 e. The summed E-state index contributed by atoms with van der Waals surface area (Å²) in [5.74, 6) is 2.10. The van der Waals surface area contributed by atoms with E-state index in [2.05, 4.69) is 45.4 Å². The van der Waals surface area contributed by atoms with Gasteiger partial charge in [0.1, 0.15) is 17.2 Å². The summed E-state index contributed by atoms with van der Waals surface area (Å²) in [4.78, 5) is 11.5. The van der Waals surface area contributed by atoms with Crippen LogP contribution in [-0.2, 0) is 16.9 Å². The number of ether oxygens (including phenoxy) is 1. The molecule has 1 fully saturated rings. The van der Waals surface area contributed by atoms with E-state index in [0.29, 0.717) is 18.3 Å². The molecule has 31 heavy (non-hydrogen) atoms. The Morgan fingerprint density at radius 3 is 2.58 bits per heavy atom. The molecule has 1 aliphatic rings. The predicted molar refractivity (Wildman–Crippen MR) is 133 cm³/mol. The van der Waals surface area contributed by atoms with E-state index in [9.17, 15) is 5.11 Å². The van der Waals surface area contributed by atoms with Crippen molar-refractivity contribution in [1.82, 2.24) is 15.6 Å². The first-order valence-corrected chi connectivity index (χ1v) is 10.5. The molecule has 1 saturated heterocycles. The number of halogens is 1. The number of furan rings is 1. The SMILES string of the molecule is CCNC(=NCc1ccc(N2CC(C)OC(C)C2)nc1)NCC(C)(O)c1ccco1.I. The largest absolute Gasteiger partial charge is 0.466 e. The molecule has 172 valence electrons. The van der Waals surface area contributed by atoms with Crippen LogP contribution in [-0.4, -0.2) is 54.4 Å². The third-order valence-electron chi connectivity index (χ3n) is 4.97. The zero-order valence-electron chi connectivity index (χ0n) is 18.7. The highest BCUT2D eigenvalue weighted by Crippen LogP contribution is 2.20. The highest BCUT2D eigenvalue weighted by atomic mass is 127. The van der Waals surface area contributed by atoms with Gasteiger partial charge in [-0.15, -0.1) is 24.0 Å². The first-order valence-electron chi connectivity index (χ1n) is 10.5. The van der Waals surface area contributed by atoms with Crippen molar-refractivity contribution >= 4 is 35.8 Å². The molecule has 0 saturated carbocycles. The van der Waals surface area contributed by atoms with Gasteiger partial charge < -0.3 is 29.8 Å². The molecule has 2 aromatic heterocycles. The topological polar surface area (TPSA) is 95.2 Å². The normalized spacial score (nSPS) is 21.2. The monoisotopic (exact) mass is 543 g/mol. The lowest BCUT2D eigenvalue weighted by molar-refractivity contribution is -0.00546. The molecule has 3 heterocycles. The van der Waals surface area contributed by atoms with Crippen LogP contribution in [0.25, 0.3) is 0 Å². The molecule has 0 radical (unpaired) electrons. The summed E-state index contributed by atoms with van der Waals surface area (Å²) in [6.07, 6.45) is 3.82. The number of hydrogen-bond acceptors (Lipinski definition) is 6. The number of anilines is 1. The molecule has 9 heteroatoms. The van der Waals surface area contributed by atoms with Crippen LogP contribution in [0.15, 0.2) is 46.1 Å². The van der Waals surface area contributed by atoms with E-state index in [-0.39, 0.29) is 42.7 Å². The molecule has 1 aliphatic heterocycles. The second-order valence-electron chi connectivity index (χ2n) is 7.99. The van der Waals surface area contributed by atoms with Crippen LogP contribution >= 0.6 is 24.0 Å². The number of nitrogens with one attached hydrogen (secondary N) is 2. The van der Waals surface area contributed by atoms with Gasteiger partial charge in [0.2, 0.25) is 0 Å². The molecule has 0 spiro atoms. The number of aliphatic imine (C=N–C) groups is 1. The Morgan fingerprint density at radius 1 is 1.26 bits per heavy atom. The van der Waals surface area contributed by atoms with Gasteiger partial charge in [0.15, 0.2) is 5.96 Å². The fourth-order valence-corrected chi connectivity index (χ4v) is 3.50. The van der Waals surface area contributed by atoms with Crippen molar-refractivity contribution in [3.8, 4) is 0 Å². The number of aromatic nitrogens is 1. The molecule has 0 amide bonds. The molecule has 3 N–H and O–H groups in total. The lowest BCUT2D eigenvalue weighted by Gasteiger charge is -2.36. The van der Waals surface area contributed by atoms with Crippen molar-refractivity contribution in [2.75, 3.05) is 31.1 Å². The van der Waals surface area contributed by atoms with Crippen LogP contribution in [0.4, 0.5) is 5.82 Å². The van der Waals surface area contributed by atoms with Crippen LogP contribution in [0, 0.1) is 0 Å². The molecule has 8 nitrogen and oxygen atoms in total. The molecule has 2 aromatic rings. The maximum atomic E-state index is 10.6. The average Bonchev–Trinajstić information content (AvgIpc) is 3.26. The number of aliphatic hydroxyl groups is 1. The summed E-state index contributed by atoms with van der Waals surface area (Å²) in [6.45, 7) is 11.1. The van der Waals surface area contributed by atoms with Gasteiger partial charge in [-0.25, -0.2) is 9.98 Å². The van der Waals surface area contributed by atoms with Crippen molar-refractivity contribution < 1.29 is 14.3 Å². The summed E-state index contributed by atoms with van der Waals surface area (Å²) in [6, 6.07) is 7.61. The number of hydrogen-bond donors (Lipinski definition) is 3. The van der Waals surface area contributed by atoms with Gasteiger partial charge in [-0.1, -0.05) is 6.07 Å². The summed E-state index contributed by atoms with van der Waals surface area (Å²) in [5, 5.41) is 17.0. The van der Waals surface area contributed by atoms with E-state index in [1.807, 2.05) is 19.2 Å². The van der Waals surface area contributed by atoms with Crippen LogP contribution in [0.3, 0.4) is 0 Å². The zero-order valence-corrected chi connectivity index (χ0v) is 21.0. The predicted octanol–water partition coefficient (Wildman–Crippen LogP) is 2.87. The second-order valence-corrected chi connectivity index (χ2v) is 7.99.